The van der Waals surface area contributed by atoms with Gasteiger partial charge in [0.1, 0.15) is 5.03 Å². The van der Waals surface area contributed by atoms with E-state index < -0.39 is 34.2 Å². The van der Waals surface area contributed by atoms with E-state index in [4.69, 9.17) is 5.11 Å². The van der Waals surface area contributed by atoms with Gasteiger partial charge in [0.2, 0.25) is 0 Å². The Balaban J connectivity index is 2.97. The quantitative estimate of drug-likeness (QED) is 0.815. The van der Waals surface area contributed by atoms with Gasteiger partial charge < -0.3 is 10.0 Å². The molecule has 0 aliphatic rings. The van der Waals surface area contributed by atoms with Crippen LogP contribution in [0, 0.1) is 0 Å². The van der Waals surface area contributed by atoms with Crippen LogP contribution in [0.4, 0.5) is 13.2 Å². The van der Waals surface area contributed by atoms with Gasteiger partial charge in [0.05, 0.1) is 12.0 Å². The number of rotatable bonds is 6. The molecule has 0 fully saturated rings. The molecule has 1 amide bonds. The number of aliphatic carboxylic acids is 1. The third kappa shape index (κ3) is 5.62. The third-order valence-corrected chi connectivity index (χ3v) is 3.23. The fraction of sp³-hybridized carbons (Fsp3) is 0.417. The Morgan fingerprint density at radius 2 is 2.10 bits per heavy atom. The van der Waals surface area contributed by atoms with E-state index in [2.05, 4.69) is 4.98 Å². The first-order chi connectivity index (χ1) is 9.74. The summed E-state index contributed by atoms with van der Waals surface area (Å²) in [4.78, 5) is 27.5. The number of carboxylic acids is 1. The fourth-order valence-electron chi connectivity index (χ4n) is 1.55. The van der Waals surface area contributed by atoms with Crippen LogP contribution in [0.25, 0.3) is 0 Å². The number of carbonyl (C=O) groups is 2. The number of hydrogen-bond acceptors (Lipinski definition) is 4. The molecule has 0 unspecified atom stereocenters. The number of halogens is 3. The second-order valence-corrected chi connectivity index (χ2v) is 4.99. The average Bonchev–Trinajstić information content (AvgIpc) is 2.37. The first-order valence-corrected chi connectivity index (χ1v) is 6.78. The van der Waals surface area contributed by atoms with Gasteiger partial charge in [-0.3, -0.25) is 9.59 Å². The van der Waals surface area contributed by atoms with Crippen molar-refractivity contribution in [1.29, 1.82) is 0 Å². The Hall–Kier alpha value is -1.77. The minimum Gasteiger partial charge on any atom is -0.481 e. The zero-order valence-corrected chi connectivity index (χ0v) is 11.9. The van der Waals surface area contributed by atoms with Crippen molar-refractivity contribution >= 4 is 23.6 Å². The summed E-state index contributed by atoms with van der Waals surface area (Å²) in [6.07, 6.45) is 0.889. The molecule has 0 aliphatic heterocycles. The van der Waals surface area contributed by atoms with E-state index in [9.17, 15) is 22.8 Å². The molecule has 0 spiro atoms. The van der Waals surface area contributed by atoms with Gasteiger partial charge in [-0.15, -0.1) is 0 Å². The Labute approximate surface area is 123 Å². The number of carbonyl (C=O) groups excluding carboxylic acids is 1. The standard InChI is InChI=1S/C12H13F3N2O3S/c1-2-17(7-5-9(18)19)11(20)8-4-3-6-16-10(8)21-12(13,14)15/h3-4,6H,2,5,7H2,1H3,(H,18,19). The zero-order chi connectivity index (χ0) is 16.0. The molecule has 1 rings (SSSR count). The van der Waals surface area contributed by atoms with Crippen LogP contribution in [0.2, 0.25) is 0 Å². The number of amides is 1. The van der Waals surface area contributed by atoms with Crippen molar-refractivity contribution < 1.29 is 27.9 Å². The maximum atomic E-state index is 12.4. The lowest BCUT2D eigenvalue weighted by Crippen LogP contribution is -2.33. The number of hydrogen-bond donors (Lipinski definition) is 1. The van der Waals surface area contributed by atoms with Crippen LogP contribution in [0.3, 0.4) is 0 Å². The molecule has 0 bridgehead atoms. The fourth-order valence-corrected chi connectivity index (χ4v) is 2.15. The lowest BCUT2D eigenvalue weighted by atomic mass is 10.2. The molecule has 0 aromatic carbocycles. The van der Waals surface area contributed by atoms with Crippen molar-refractivity contribution in [3.63, 3.8) is 0 Å². The summed E-state index contributed by atoms with van der Waals surface area (Å²) in [7, 11) is 0. The summed E-state index contributed by atoms with van der Waals surface area (Å²) >= 11 is -0.467. The van der Waals surface area contributed by atoms with Crippen molar-refractivity contribution in [2.75, 3.05) is 13.1 Å². The second kappa shape index (κ2) is 7.30. The van der Waals surface area contributed by atoms with Crippen LogP contribution >= 0.6 is 11.8 Å². The number of nitrogens with zero attached hydrogens (tertiary/aromatic N) is 2. The normalized spacial score (nSPS) is 11.2. The third-order valence-electron chi connectivity index (χ3n) is 2.48. The molecule has 5 nitrogen and oxygen atoms in total. The van der Waals surface area contributed by atoms with E-state index >= 15 is 0 Å². The van der Waals surface area contributed by atoms with Gasteiger partial charge >= 0.3 is 11.5 Å². The molecular formula is C12H13F3N2O3S. The summed E-state index contributed by atoms with van der Waals surface area (Å²) in [6, 6.07) is 2.60. The minimum atomic E-state index is -4.55. The Kier molecular flexibility index (Phi) is 6.01. The molecule has 0 radical (unpaired) electrons. The van der Waals surface area contributed by atoms with Gasteiger partial charge in [0.15, 0.2) is 0 Å². The van der Waals surface area contributed by atoms with Crippen LogP contribution < -0.4 is 0 Å². The van der Waals surface area contributed by atoms with Gasteiger partial charge in [-0.2, -0.15) is 13.2 Å². The van der Waals surface area contributed by atoms with Crippen molar-refractivity contribution in [3.8, 4) is 0 Å². The Morgan fingerprint density at radius 1 is 1.43 bits per heavy atom. The molecule has 0 atom stereocenters. The molecule has 21 heavy (non-hydrogen) atoms. The molecule has 1 heterocycles. The maximum Gasteiger partial charge on any atom is 0.447 e. The smallest absolute Gasteiger partial charge is 0.447 e. The predicted molar refractivity (Wildman–Crippen MR) is 70.0 cm³/mol. The second-order valence-electron chi connectivity index (χ2n) is 3.93. The van der Waals surface area contributed by atoms with Crippen LogP contribution in [0.15, 0.2) is 23.4 Å². The number of alkyl halides is 3. The highest BCUT2D eigenvalue weighted by Crippen LogP contribution is 2.37. The van der Waals surface area contributed by atoms with Gasteiger partial charge in [0.25, 0.3) is 5.91 Å². The van der Waals surface area contributed by atoms with Crippen LogP contribution in [0.1, 0.15) is 23.7 Å². The van der Waals surface area contributed by atoms with E-state index in [0.717, 1.165) is 0 Å². The first-order valence-electron chi connectivity index (χ1n) is 5.96. The summed E-state index contributed by atoms with van der Waals surface area (Å²) in [5.74, 6) is -1.75. The van der Waals surface area contributed by atoms with Crippen LogP contribution in [0.5, 0.6) is 0 Å². The molecule has 1 aromatic heterocycles. The first kappa shape index (κ1) is 17.3. The van der Waals surface area contributed by atoms with E-state index in [1.807, 2.05) is 0 Å². The molecule has 1 N–H and O–H groups in total. The lowest BCUT2D eigenvalue weighted by molar-refractivity contribution is -0.137. The Bertz CT molecular complexity index is 523. The molecule has 0 saturated heterocycles. The van der Waals surface area contributed by atoms with Gasteiger partial charge in [-0.25, -0.2) is 4.98 Å². The molecule has 9 heteroatoms. The van der Waals surface area contributed by atoms with Crippen molar-refractivity contribution in [1.82, 2.24) is 9.88 Å². The minimum absolute atomic E-state index is 0.0737. The average molecular weight is 322 g/mol. The summed E-state index contributed by atoms with van der Waals surface area (Å²) in [5.41, 5.74) is -4.74. The molecule has 1 aromatic rings. The number of aromatic nitrogens is 1. The lowest BCUT2D eigenvalue weighted by Gasteiger charge is -2.21. The highest BCUT2D eigenvalue weighted by atomic mass is 32.2. The SMILES string of the molecule is CCN(CCC(=O)O)C(=O)c1cccnc1SC(F)(F)F. The zero-order valence-electron chi connectivity index (χ0n) is 11.1. The molecule has 116 valence electrons. The van der Waals surface area contributed by atoms with E-state index in [-0.39, 0.29) is 25.1 Å². The Morgan fingerprint density at radius 3 is 2.62 bits per heavy atom. The van der Waals surface area contributed by atoms with Crippen molar-refractivity contribution in [2.24, 2.45) is 0 Å². The van der Waals surface area contributed by atoms with E-state index in [0.29, 0.717) is 0 Å². The largest absolute Gasteiger partial charge is 0.481 e. The summed E-state index contributed by atoms with van der Waals surface area (Å²) in [5, 5.41) is 8.17. The maximum absolute atomic E-state index is 12.4. The van der Waals surface area contributed by atoms with Crippen LogP contribution in [-0.4, -0.2) is 45.5 Å². The topological polar surface area (TPSA) is 70.5 Å². The molecule has 0 saturated carbocycles. The number of thioether (sulfide) groups is 1. The summed E-state index contributed by atoms with van der Waals surface area (Å²) in [6.45, 7) is 1.74. The van der Waals surface area contributed by atoms with Crippen molar-refractivity contribution in [3.05, 3.63) is 23.9 Å². The van der Waals surface area contributed by atoms with Crippen molar-refractivity contribution in [2.45, 2.75) is 23.9 Å². The van der Waals surface area contributed by atoms with Crippen LogP contribution in [-0.2, 0) is 4.79 Å². The van der Waals surface area contributed by atoms with E-state index in [1.54, 1.807) is 6.92 Å². The summed E-state index contributed by atoms with van der Waals surface area (Å²) < 4.78 is 37.3. The number of pyridine rings is 1. The van der Waals surface area contributed by atoms with Gasteiger partial charge in [0, 0.05) is 31.0 Å². The van der Waals surface area contributed by atoms with Gasteiger partial charge in [-0.05, 0) is 19.1 Å². The molecule has 0 aliphatic carbocycles. The van der Waals surface area contributed by atoms with E-state index in [1.165, 1.54) is 23.2 Å². The monoisotopic (exact) mass is 322 g/mol. The highest BCUT2D eigenvalue weighted by Gasteiger charge is 2.33. The molecular weight excluding hydrogens is 309 g/mol. The number of carboxylic acid groups (broad SMARTS) is 1. The predicted octanol–water partition coefficient (Wildman–Crippen LogP) is 2.63. The van der Waals surface area contributed by atoms with Gasteiger partial charge in [-0.1, -0.05) is 0 Å². The highest BCUT2D eigenvalue weighted by molar-refractivity contribution is 8.00.